The number of aryl methyl sites for hydroxylation is 1. The smallest absolute Gasteiger partial charge is 0.0759 e. The fraction of sp³-hybridized carbons (Fsp3) is 0.429. The second-order valence-electron chi connectivity index (χ2n) is 4.47. The van der Waals surface area contributed by atoms with Gasteiger partial charge in [0.25, 0.3) is 0 Å². The number of hydrogen-bond donors (Lipinski definition) is 1. The molecule has 0 bridgehead atoms. The first-order chi connectivity index (χ1) is 8.77. The Balaban J connectivity index is 2.34. The van der Waals surface area contributed by atoms with Crippen molar-refractivity contribution in [2.24, 2.45) is 7.05 Å². The highest BCUT2D eigenvalue weighted by molar-refractivity contribution is 5.24. The lowest BCUT2D eigenvalue weighted by molar-refractivity contribution is 0.440. The van der Waals surface area contributed by atoms with Crippen molar-refractivity contribution in [1.82, 2.24) is 20.3 Å². The molecule has 2 unspecified atom stereocenters. The van der Waals surface area contributed by atoms with Crippen LogP contribution in [0.4, 0.5) is 0 Å². The van der Waals surface area contributed by atoms with Crippen LogP contribution in [0.15, 0.2) is 36.5 Å². The summed E-state index contributed by atoms with van der Waals surface area (Å²) < 4.78 is 1.84. The summed E-state index contributed by atoms with van der Waals surface area (Å²) in [6, 6.07) is 10.8. The molecular formula is C14H20N4. The molecule has 0 amide bonds. The number of rotatable bonds is 5. The quantitative estimate of drug-likeness (QED) is 0.877. The van der Waals surface area contributed by atoms with Crippen molar-refractivity contribution < 1.29 is 0 Å². The molecule has 18 heavy (non-hydrogen) atoms. The van der Waals surface area contributed by atoms with E-state index in [0.717, 1.165) is 12.1 Å². The number of benzene rings is 1. The van der Waals surface area contributed by atoms with Crippen LogP contribution in [0.3, 0.4) is 0 Å². The molecule has 96 valence electrons. The van der Waals surface area contributed by atoms with Gasteiger partial charge in [-0.3, -0.25) is 4.68 Å². The third kappa shape index (κ3) is 2.43. The van der Waals surface area contributed by atoms with Gasteiger partial charge in [0.1, 0.15) is 0 Å². The maximum atomic E-state index is 4.02. The fourth-order valence-corrected chi connectivity index (χ4v) is 2.50. The molecule has 0 aliphatic rings. The van der Waals surface area contributed by atoms with Gasteiger partial charge in [-0.1, -0.05) is 42.5 Å². The van der Waals surface area contributed by atoms with Crippen LogP contribution < -0.4 is 5.32 Å². The lowest BCUT2D eigenvalue weighted by Gasteiger charge is -2.26. The summed E-state index contributed by atoms with van der Waals surface area (Å²) in [5.41, 5.74) is 2.47. The Labute approximate surface area is 108 Å². The summed E-state index contributed by atoms with van der Waals surface area (Å²) in [6.07, 6.45) is 2.91. The minimum Gasteiger partial charge on any atom is -0.311 e. The molecule has 0 radical (unpaired) electrons. The number of hydrogen-bond acceptors (Lipinski definition) is 3. The van der Waals surface area contributed by atoms with E-state index in [1.165, 1.54) is 5.56 Å². The average molecular weight is 244 g/mol. The van der Waals surface area contributed by atoms with Crippen molar-refractivity contribution in [3.63, 3.8) is 0 Å². The maximum absolute atomic E-state index is 4.02. The Morgan fingerprint density at radius 2 is 2.00 bits per heavy atom. The van der Waals surface area contributed by atoms with E-state index in [1.807, 2.05) is 25.0 Å². The summed E-state index contributed by atoms with van der Waals surface area (Å²) in [4.78, 5) is 0. The van der Waals surface area contributed by atoms with Gasteiger partial charge < -0.3 is 5.32 Å². The van der Waals surface area contributed by atoms with Crippen molar-refractivity contribution >= 4 is 0 Å². The third-order valence-electron chi connectivity index (χ3n) is 3.45. The zero-order chi connectivity index (χ0) is 13.0. The number of nitrogens with one attached hydrogen (secondary N) is 1. The van der Waals surface area contributed by atoms with Crippen LogP contribution in [0.1, 0.15) is 36.6 Å². The summed E-state index contributed by atoms with van der Waals surface area (Å²) in [6.45, 7) is 2.21. The zero-order valence-corrected chi connectivity index (χ0v) is 11.2. The van der Waals surface area contributed by atoms with Crippen molar-refractivity contribution in [2.45, 2.75) is 25.3 Å². The molecule has 0 spiro atoms. The molecule has 2 rings (SSSR count). The van der Waals surface area contributed by atoms with Gasteiger partial charge in [-0.2, -0.15) is 0 Å². The molecular weight excluding hydrogens is 224 g/mol. The van der Waals surface area contributed by atoms with Crippen LogP contribution >= 0.6 is 0 Å². The van der Waals surface area contributed by atoms with Crippen LogP contribution in [0.5, 0.6) is 0 Å². The van der Waals surface area contributed by atoms with Gasteiger partial charge in [0.15, 0.2) is 0 Å². The molecule has 0 saturated carbocycles. The lowest BCUT2D eigenvalue weighted by atomic mass is 9.87. The van der Waals surface area contributed by atoms with E-state index in [4.69, 9.17) is 0 Å². The fourth-order valence-electron chi connectivity index (χ4n) is 2.50. The van der Waals surface area contributed by atoms with E-state index in [2.05, 4.69) is 52.9 Å². The Morgan fingerprint density at radius 3 is 2.50 bits per heavy atom. The van der Waals surface area contributed by atoms with Gasteiger partial charge in [0, 0.05) is 13.0 Å². The van der Waals surface area contributed by atoms with E-state index >= 15 is 0 Å². The molecule has 1 N–H and O–H groups in total. The summed E-state index contributed by atoms with van der Waals surface area (Å²) >= 11 is 0. The Morgan fingerprint density at radius 1 is 1.28 bits per heavy atom. The SMILES string of the molecule is CCC(c1ccccc1)C(NC)c1cnnn1C. The number of likely N-dealkylation sites (N-methyl/N-ethyl adjacent to an activating group) is 1. The molecule has 0 aliphatic heterocycles. The van der Waals surface area contributed by atoms with Gasteiger partial charge in [-0.15, -0.1) is 5.10 Å². The molecule has 1 aromatic heterocycles. The van der Waals surface area contributed by atoms with Gasteiger partial charge in [-0.05, 0) is 19.0 Å². The maximum Gasteiger partial charge on any atom is 0.0759 e. The van der Waals surface area contributed by atoms with E-state index < -0.39 is 0 Å². The Kier molecular flexibility index (Phi) is 4.10. The first kappa shape index (κ1) is 12.8. The molecule has 1 aromatic carbocycles. The molecule has 1 heterocycles. The molecule has 0 saturated heterocycles. The molecule has 4 nitrogen and oxygen atoms in total. The van der Waals surface area contributed by atoms with Crippen molar-refractivity contribution in [2.75, 3.05) is 7.05 Å². The minimum absolute atomic E-state index is 0.234. The van der Waals surface area contributed by atoms with Crippen LogP contribution in [0.2, 0.25) is 0 Å². The van der Waals surface area contributed by atoms with E-state index in [1.54, 1.807) is 0 Å². The summed E-state index contributed by atoms with van der Waals surface area (Å²) in [5.74, 6) is 0.424. The predicted molar refractivity (Wildman–Crippen MR) is 72.3 cm³/mol. The van der Waals surface area contributed by atoms with Gasteiger partial charge >= 0.3 is 0 Å². The molecule has 0 fully saturated rings. The molecule has 2 atom stereocenters. The Hall–Kier alpha value is -1.68. The summed E-state index contributed by atoms with van der Waals surface area (Å²) in [5, 5.41) is 11.4. The minimum atomic E-state index is 0.234. The van der Waals surface area contributed by atoms with Gasteiger partial charge in [0.2, 0.25) is 0 Å². The number of aromatic nitrogens is 3. The molecule has 0 aliphatic carbocycles. The van der Waals surface area contributed by atoms with Gasteiger partial charge in [0.05, 0.1) is 17.9 Å². The Bertz CT molecular complexity index is 478. The van der Waals surface area contributed by atoms with Crippen LogP contribution in [-0.4, -0.2) is 22.0 Å². The largest absolute Gasteiger partial charge is 0.311 e. The van der Waals surface area contributed by atoms with Crippen molar-refractivity contribution in [1.29, 1.82) is 0 Å². The van der Waals surface area contributed by atoms with Gasteiger partial charge in [-0.25, -0.2) is 0 Å². The topological polar surface area (TPSA) is 42.7 Å². The first-order valence-corrected chi connectivity index (χ1v) is 6.34. The van der Waals surface area contributed by atoms with E-state index in [0.29, 0.717) is 5.92 Å². The highest BCUT2D eigenvalue weighted by Gasteiger charge is 2.24. The lowest BCUT2D eigenvalue weighted by Crippen LogP contribution is -2.25. The first-order valence-electron chi connectivity index (χ1n) is 6.34. The zero-order valence-electron chi connectivity index (χ0n) is 11.2. The second kappa shape index (κ2) is 5.78. The predicted octanol–water partition coefficient (Wildman–Crippen LogP) is 2.27. The van der Waals surface area contributed by atoms with Crippen LogP contribution in [0, 0.1) is 0 Å². The third-order valence-corrected chi connectivity index (χ3v) is 3.45. The number of nitrogens with zero attached hydrogens (tertiary/aromatic N) is 3. The highest BCUT2D eigenvalue weighted by atomic mass is 15.4. The summed E-state index contributed by atoms with van der Waals surface area (Å²) in [7, 11) is 3.92. The normalized spacial score (nSPS) is 14.4. The highest BCUT2D eigenvalue weighted by Crippen LogP contribution is 2.32. The van der Waals surface area contributed by atoms with Crippen molar-refractivity contribution in [3.05, 3.63) is 47.8 Å². The molecule has 4 heteroatoms. The van der Waals surface area contributed by atoms with Crippen LogP contribution in [-0.2, 0) is 7.05 Å². The average Bonchev–Trinajstić information content (AvgIpc) is 2.83. The molecule has 2 aromatic rings. The standard InChI is InChI=1S/C14H20N4/c1-4-12(11-8-6-5-7-9-11)14(15-2)13-10-16-17-18(13)3/h5-10,12,14-15H,4H2,1-3H3. The van der Waals surface area contributed by atoms with E-state index in [9.17, 15) is 0 Å². The van der Waals surface area contributed by atoms with Crippen molar-refractivity contribution in [3.8, 4) is 0 Å². The van der Waals surface area contributed by atoms with Crippen LogP contribution in [0.25, 0.3) is 0 Å². The van der Waals surface area contributed by atoms with E-state index in [-0.39, 0.29) is 6.04 Å². The second-order valence-corrected chi connectivity index (χ2v) is 4.47. The monoisotopic (exact) mass is 244 g/mol.